The van der Waals surface area contributed by atoms with Crippen LogP contribution in [0.1, 0.15) is 5.69 Å². The molecule has 0 aliphatic heterocycles. The quantitative estimate of drug-likeness (QED) is 0.845. The smallest absolute Gasteiger partial charge is 0.0930 e. The zero-order valence-corrected chi connectivity index (χ0v) is 9.46. The van der Waals surface area contributed by atoms with Gasteiger partial charge in [0.1, 0.15) is 0 Å². The predicted molar refractivity (Wildman–Crippen MR) is 63.8 cm³/mol. The van der Waals surface area contributed by atoms with Crippen LogP contribution in [0.3, 0.4) is 0 Å². The molecule has 0 saturated heterocycles. The molecule has 1 heterocycles. The van der Waals surface area contributed by atoms with E-state index in [1.165, 1.54) is 0 Å². The minimum absolute atomic E-state index is 0.0254. The summed E-state index contributed by atoms with van der Waals surface area (Å²) < 4.78 is 1.76. The van der Waals surface area contributed by atoms with Crippen molar-refractivity contribution < 1.29 is 5.11 Å². The number of aliphatic hydroxyl groups excluding tert-OH is 1. The standard InChI is InChI=1S/C12H15N3O/c1-14(2)11-8-13-15(12(11)9-16)10-6-4-3-5-7-10/h3-8,16H,9H2,1-2H3. The molecule has 0 spiro atoms. The molecule has 0 bridgehead atoms. The first-order valence-electron chi connectivity index (χ1n) is 5.14. The molecule has 0 aliphatic carbocycles. The second-order valence-corrected chi connectivity index (χ2v) is 3.78. The molecule has 0 atom stereocenters. The number of aromatic nitrogens is 2. The van der Waals surface area contributed by atoms with Gasteiger partial charge in [0, 0.05) is 14.1 Å². The number of hydrogen-bond donors (Lipinski definition) is 1. The van der Waals surface area contributed by atoms with E-state index in [9.17, 15) is 5.11 Å². The lowest BCUT2D eigenvalue weighted by atomic mass is 10.3. The second kappa shape index (κ2) is 4.37. The summed E-state index contributed by atoms with van der Waals surface area (Å²) in [5, 5.41) is 13.7. The molecule has 0 fully saturated rings. The normalized spacial score (nSPS) is 10.4. The molecule has 2 aromatic rings. The molecule has 1 aromatic heterocycles. The molecule has 2 rings (SSSR count). The van der Waals surface area contributed by atoms with Crippen LogP contribution in [0.25, 0.3) is 5.69 Å². The van der Waals surface area contributed by atoms with Crippen LogP contribution in [0.4, 0.5) is 5.69 Å². The summed E-state index contributed by atoms with van der Waals surface area (Å²) in [4.78, 5) is 1.94. The maximum atomic E-state index is 9.41. The van der Waals surface area contributed by atoms with Gasteiger partial charge in [-0.3, -0.25) is 0 Å². The summed E-state index contributed by atoms with van der Waals surface area (Å²) in [5.41, 5.74) is 2.70. The van der Waals surface area contributed by atoms with Crippen LogP contribution >= 0.6 is 0 Å². The van der Waals surface area contributed by atoms with Gasteiger partial charge < -0.3 is 10.0 Å². The third kappa shape index (κ3) is 1.79. The monoisotopic (exact) mass is 217 g/mol. The van der Waals surface area contributed by atoms with Crippen LogP contribution < -0.4 is 4.90 Å². The van der Waals surface area contributed by atoms with Crippen molar-refractivity contribution in [3.8, 4) is 5.69 Å². The number of rotatable bonds is 3. The van der Waals surface area contributed by atoms with E-state index in [-0.39, 0.29) is 6.61 Å². The molecule has 0 unspecified atom stereocenters. The number of hydrogen-bond acceptors (Lipinski definition) is 3. The van der Waals surface area contributed by atoms with Gasteiger partial charge in [-0.15, -0.1) is 0 Å². The van der Waals surface area contributed by atoms with Gasteiger partial charge in [-0.25, -0.2) is 4.68 Å². The van der Waals surface area contributed by atoms with Crippen molar-refractivity contribution in [2.24, 2.45) is 0 Å². The summed E-state index contributed by atoms with van der Waals surface area (Å²) >= 11 is 0. The minimum atomic E-state index is -0.0254. The van der Waals surface area contributed by atoms with Crippen molar-refractivity contribution in [2.75, 3.05) is 19.0 Å². The summed E-state index contributed by atoms with van der Waals surface area (Å²) in [5.74, 6) is 0. The molecule has 4 heteroatoms. The van der Waals surface area contributed by atoms with Crippen molar-refractivity contribution in [1.29, 1.82) is 0 Å². The maximum absolute atomic E-state index is 9.41. The SMILES string of the molecule is CN(C)c1cnn(-c2ccccc2)c1CO. The third-order valence-electron chi connectivity index (χ3n) is 2.48. The Morgan fingerprint density at radius 1 is 1.25 bits per heavy atom. The van der Waals surface area contributed by atoms with Crippen molar-refractivity contribution in [3.63, 3.8) is 0 Å². The van der Waals surface area contributed by atoms with E-state index in [2.05, 4.69) is 5.10 Å². The molecule has 84 valence electrons. The summed E-state index contributed by atoms with van der Waals surface area (Å²) in [6.45, 7) is -0.0254. The van der Waals surface area contributed by atoms with Gasteiger partial charge in [0.2, 0.25) is 0 Å². The van der Waals surface area contributed by atoms with Gasteiger partial charge in [0.25, 0.3) is 0 Å². The molecule has 16 heavy (non-hydrogen) atoms. The number of benzene rings is 1. The second-order valence-electron chi connectivity index (χ2n) is 3.78. The van der Waals surface area contributed by atoms with Gasteiger partial charge in [-0.05, 0) is 12.1 Å². The summed E-state index contributed by atoms with van der Waals surface area (Å²) in [7, 11) is 3.87. The van der Waals surface area contributed by atoms with Crippen LogP contribution in [0.5, 0.6) is 0 Å². The molecule has 0 aliphatic rings. The average molecular weight is 217 g/mol. The van der Waals surface area contributed by atoms with Crippen molar-refractivity contribution in [1.82, 2.24) is 9.78 Å². The molecule has 1 aromatic carbocycles. The lowest BCUT2D eigenvalue weighted by molar-refractivity contribution is 0.273. The zero-order valence-electron chi connectivity index (χ0n) is 9.46. The summed E-state index contributed by atoms with van der Waals surface area (Å²) in [6.07, 6.45) is 1.76. The average Bonchev–Trinajstić information content (AvgIpc) is 2.73. The third-order valence-corrected chi connectivity index (χ3v) is 2.48. The van der Waals surface area contributed by atoms with Crippen LogP contribution in [0.2, 0.25) is 0 Å². The Kier molecular flexibility index (Phi) is 2.92. The van der Waals surface area contributed by atoms with Crippen molar-refractivity contribution in [2.45, 2.75) is 6.61 Å². The first-order valence-corrected chi connectivity index (χ1v) is 5.14. The highest BCUT2D eigenvalue weighted by atomic mass is 16.3. The Labute approximate surface area is 94.7 Å². The lowest BCUT2D eigenvalue weighted by Crippen LogP contribution is -2.11. The van der Waals surface area contributed by atoms with E-state index in [0.29, 0.717) is 0 Å². The molecule has 0 saturated carbocycles. The van der Waals surface area contributed by atoms with Gasteiger partial charge in [-0.2, -0.15) is 5.10 Å². The fourth-order valence-electron chi connectivity index (χ4n) is 1.68. The largest absolute Gasteiger partial charge is 0.390 e. The van der Waals surface area contributed by atoms with E-state index in [4.69, 9.17) is 0 Å². The van der Waals surface area contributed by atoms with Gasteiger partial charge in [0.05, 0.1) is 29.9 Å². The van der Waals surface area contributed by atoms with Crippen molar-refractivity contribution >= 4 is 5.69 Å². The van der Waals surface area contributed by atoms with Crippen LogP contribution in [0.15, 0.2) is 36.5 Å². The molecular weight excluding hydrogens is 202 g/mol. The highest BCUT2D eigenvalue weighted by Gasteiger charge is 2.12. The lowest BCUT2D eigenvalue weighted by Gasteiger charge is -2.12. The Bertz CT molecular complexity index is 462. The first-order chi connectivity index (χ1) is 7.74. The van der Waals surface area contributed by atoms with Gasteiger partial charge in [0.15, 0.2) is 0 Å². The predicted octanol–water partition coefficient (Wildman–Crippen LogP) is 1.43. The molecule has 4 nitrogen and oxygen atoms in total. The van der Waals surface area contributed by atoms with Crippen LogP contribution in [-0.4, -0.2) is 29.0 Å². The Balaban J connectivity index is 2.50. The molecular formula is C12H15N3O. The zero-order chi connectivity index (χ0) is 11.5. The number of para-hydroxylation sites is 1. The molecule has 0 amide bonds. The Hall–Kier alpha value is -1.81. The van der Waals surface area contributed by atoms with Crippen LogP contribution in [-0.2, 0) is 6.61 Å². The summed E-state index contributed by atoms with van der Waals surface area (Å²) in [6, 6.07) is 9.79. The topological polar surface area (TPSA) is 41.3 Å². The number of aliphatic hydroxyl groups is 1. The van der Waals surface area contributed by atoms with Gasteiger partial charge in [-0.1, -0.05) is 18.2 Å². The fourth-order valence-corrected chi connectivity index (χ4v) is 1.68. The van der Waals surface area contributed by atoms with E-state index in [1.807, 2.05) is 49.3 Å². The van der Waals surface area contributed by atoms with E-state index in [0.717, 1.165) is 17.1 Å². The Morgan fingerprint density at radius 3 is 2.50 bits per heavy atom. The first kappa shape index (κ1) is 10.7. The maximum Gasteiger partial charge on any atom is 0.0930 e. The molecule has 1 N–H and O–H groups in total. The van der Waals surface area contributed by atoms with Crippen molar-refractivity contribution in [3.05, 3.63) is 42.2 Å². The van der Waals surface area contributed by atoms with Crippen LogP contribution in [0, 0.1) is 0 Å². The Morgan fingerprint density at radius 2 is 1.94 bits per heavy atom. The van der Waals surface area contributed by atoms with E-state index < -0.39 is 0 Å². The van der Waals surface area contributed by atoms with E-state index >= 15 is 0 Å². The minimum Gasteiger partial charge on any atom is -0.390 e. The fraction of sp³-hybridized carbons (Fsp3) is 0.250. The highest BCUT2D eigenvalue weighted by molar-refractivity contribution is 5.51. The molecule has 0 radical (unpaired) electrons. The van der Waals surface area contributed by atoms with E-state index in [1.54, 1.807) is 10.9 Å². The highest BCUT2D eigenvalue weighted by Crippen LogP contribution is 2.21. The van der Waals surface area contributed by atoms with Gasteiger partial charge >= 0.3 is 0 Å². The number of nitrogens with zero attached hydrogens (tertiary/aromatic N) is 3. The number of anilines is 1.